The van der Waals surface area contributed by atoms with E-state index < -0.39 is 17.0 Å². The normalized spacial score (nSPS) is 40.1. The fraction of sp³-hybridized carbons (Fsp3) is 0.750. The molecule has 0 aromatic carbocycles. The monoisotopic (exact) mass is 320 g/mol. The molecule has 0 spiro atoms. The van der Waals surface area contributed by atoms with Crippen LogP contribution in [0.5, 0.6) is 0 Å². The van der Waals surface area contributed by atoms with Gasteiger partial charge in [-0.1, -0.05) is 31.6 Å². The molecule has 2 aliphatic carbocycles. The molecule has 2 saturated carbocycles. The average molecular weight is 320 g/mol. The van der Waals surface area contributed by atoms with Gasteiger partial charge in [0.25, 0.3) is 0 Å². The van der Waals surface area contributed by atoms with Crippen molar-refractivity contribution in [2.24, 2.45) is 22.7 Å². The Labute approximate surface area is 140 Å². The lowest BCUT2D eigenvalue weighted by Gasteiger charge is -2.57. The fourth-order valence-corrected chi connectivity index (χ4v) is 5.28. The van der Waals surface area contributed by atoms with Gasteiger partial charge in [0.2, 0.25) is 0 Å². The van der Waals surface area contributed by atoms with Crippen LogP contribution in [0.4, 0.5) is 0 Å². The fourth-order valence-electron chi connectivity index (χ4n) is 5.28. The Morgan fingerprint density at radius 1 is 1.43 bits per heavy atom. The van der Waals surface area contributed by atoms with Crippen LogP contribution in [0.2, 0.25) is 0 Å². The Hall–Kier alpha value is -1.09. The molecule has 2 fully saturated rings. The zero-order valence-electron chi connectivity index (χ0n) is 14.9. The second kappa shape index (κ2) is 6.08. The molecule has 0 unspecified atom stereocenters. The van der Waals surface area contributed by atoms with Crippen LogP contribution >= 0.6 is 0 Å². The second-order valence-corrected chi connectivity index (χ2v) is 8.48. The number of rotatable bonds is 5. The number of carbonyl (C=O) groups is 1. The molecule has 0 aromatic heterocycles. The number of carboxylic acid groups (broad SMARTS) is 1. The summed E-state index contributed by atoms with van der Waals surface area (Å²) in [5.41, 5.74) is -0.294. The van der Waals surface area contributed by atoms with E-state index in [0.29, 0.717) is 6.42 Å². The maximum Gasteiger partial charge on any atom is 0.309 e. The Morgan fingerprint density at radius 3 is 2.65 bits per heavy atom. The van der Waals surface area contributed by atoms with Crippen molar-refractivity contribution in [1.29, 1.82) is 0 Å². The minimum absolute atomic E-state index is 0.0298. The summed E-state index contributed by atoms with van der Waals surface area (Å²) in [6.45, 7) is 14.0. The van der Waals surface area contributed by atoms with Crippen molar-refractivity contribution in [3.8, 4) is 0 Å². The van der Waals surface area contributed by atoms with Gasteiger partial charge < -0.3 is 10.2 Å². The lowest BCUT2D eigenvalue weighted by molar-refractivity contribution is -0.164. The topological polar surface area (TPSA) is 57.5 Å². The smallest absolute Gasteiger partial charge is 0.309 e. The highest BCUT2D eigenvalue weighted by molar-refractivity contribution is 5.75. The third-order valence-corrected chi connectivity index (χ3v) is 6.89. The van der Waals surface area contributed by atoms with E-state index in [1.165, 1.54) is 5.57 Å². The van der Waals surface area contributed by atoms with Crippen molar-refractivity contribution in [3.63, 3.8) is 0 Å². The van der Waals surface area contributed by atoms with Crippen molar-refractivity contribution in [2.45, 2.75) is 71.3 Å². The number of aliphatic hydroxyl groups is 1. The highest BCUT2D eigenvalue weighted by atomic mass is 16.4. The molecule has 23 heavy (non-hydrogen) atoms. The number of aliphatic carboxylic acids is 1. The molecule has 0 aromatic rings. The van der Waals surface area contributed by atoms with Crippen LogP contribution in [0, 0.1) is 22.7 Å². The van der Waals surface area contributed by atoms with Crippen LogP contribution in [0.1, 0.15) is 65.7 Å². The molecule has 2 N–H and O–H groups in total. The summed E-state index contributed by atoms with van der Waals surface area (Å²) in [6.07, 6.45) is 7.70. The third-order valence-electron chi connectivity index (χ3n) is 6.89. The average Bonchev–Trinajstić information content (AvgIpc) is 2.46. The molecule has 3 heteroatoms. The predicted octanol–water partition coefficient (Wildman–Crippen LogP) is 4.57. The molecule has 0 bridgehead atoms. The predicted molar refractivity (Wildman–Crippen MR) is 93.1 cm³/mol. The Balaban J connectivity index is 2.29. The third kappa shape index (κ3) is 3.13. The minimum atomic E-state index is -0.867. The summed E-state index contributed by atoms with van der Waals surface area (Å²) in [7, 11) is 0. The van der Waals surface area contributed by atoms with E-state index in [9.17, 15) is 15.0 Å². The van der Waals surface area contributed by atoms with Gasteiger partial charge in [0.05, 0.1) is 11.0 Å². The summed E-state index contributed by atoms with van der Waals surface area (Å²) >= 11 is 0. The largest absolute Gasteiger partial charge is 0.481 e. The lowest BCUT2D eigenvalue weighted by atomic mass is 9.46. The molecule has 0 radical (unpaired) electrons. The summed E-state index contributed by atoms with van der Waals surface area (Å²) in [6, 6.07) is 0. The van der Waals surface area contributed by atoms with E-state index >= 15 is 0 Å². The van der Waals surface area contributed by atoms with Gasteiger partial charge in [0.1, 0.15) is 0 Å². The Morgan fingerprint density at radius 2 is 2.09 bits per heavy atom. The van der Waals surface area contributed by atoms with E-state index in [1.54, 1.807) is 13.0 Å². The quantitative estimate of drug-likeness (QED) is 0.730. The van der Waals surface area contributed by atoms with Gasteiger partial charge in [0.15, 0.2) is 0 Å². The first-order valence-corrected chi connectivity index (χ1v) is 8.84. The number of hydrogen-bond acceptors (Lipinski definition) is 2. The van der Waals surface area contributed by atoms with Gasteiger partial charge in [0, 0.05) is 0 Å². The van der Waals surface area contributed by atoms with E-state index in [-0.39, 0.29) is 17.3 Å². The number of fused-ring (bicyclic) bond motifs is 1. The first-order chi connectivity index (χ1) is 10.6. The van der Waals surface area contributed by atoms with E-state index in [2.05, 4.69) is 20.1 Å². The first-order valence-electron chi connectivity index (χ1n) is 8.84. The number of hydrogen-bond donors (Lipinski definition) is 2. The van der Waals surface area contributed by atoms with Crippen LogP contribution in [-0.2, 0) is 4.79 Å². The summed E-state index contributed by atoms with van der Waals surface area (Å²) in [5, 5.41) is 20.1. The van der Waals surface area contributed by atoms with Gasteiger partial charge in [-0.25, -0.2) is 0 Å². The molecular formula is C20H32O3. The standard InChI is InChI=1S/C20H32O3/c1-6-18(3,23)13-10-15-14(2)8-9-16-19(15,4)11-7-12-20(16,5)17(21)22/h6,15-16,23H,1-2,7-13H2,3-5H3,(H,21,22)/t15-,16+,18+,19+,20-/m1/s1. The van der Waals surface area contributed by atoms with Crippen molar-refractivity contribution in [3.05, 3.63) is 24.8 Å². The van der Waals surface area contributed by atoms with Gasteiger partial charge in [-0.05, 0) is 69.6 Å². The highest BCUT2D eigenvalue weighted by Crippen LogP contribution is 2.62. The van der Waals surface area contributed by atoms with Gasteiger partial charge in [-0.2, -0.15) is 0 Å². The molecule has 0 aliphatic heterocycles. The lowest BCUT2D eigenvalue weighted by Crippen LogP contribution is -2.53. The Bertz CT molecular complexity index is 507. The van der Waals surface area contributed by atoms with Crippen LogP contribution < -0.4 is 0 Å². The van der Waals surface area contributed by atoms with Crippen molar-refractivity contribution >= 4 is 5.97 Å². The van der Waals surface area contributed by atoms with E-state index in [1.807, 2.05) is 6.92 Å². The maximum atomic E-state index is 11.9. The molecule has 5 atom stereocenters. The first kappa shape index (κ1) is 18.3. The van der Waals surface area contributed by atoms with Crippen LogP contribution in [0.25, 0.3) is 0 Å². The number of carboxylic acids is 1. The molecule has 0 saturated heterocycles. The van der Waals surface area contributed by atoms with Crippen molar-refractivity contribution < 1.29 is 15.0 Å². The summed E-state index contributed by atoms with van der Waals surface area (Å²) in [4.78, 5) is 11.9. The zero-order valence-corrected chi connectivity index (χ0v) is 14.9. The van der Waals surface area contributed by atoms with Crippen LogP contribution in [0.15, 0.2) is 24.8 Å². The molecule has 2 aliphatic rings. The molecule has 3 nitrogen and oxygen atoms in total. The van der Waals surface area contributed by atoms with Gasteiger partial charge in [-0.3, -0.25) is 4.79 Å². The van der Waals surface area contributed by atoms with Crippen LogP contribution in [-0.4, -0.2) is 21.8 Å². The summed E-state index contributed by atoms with van der Waals surface area (Å²) < 4.78 is 0. The molecule has 2 rings (SSSR count). The van der Waals surface area contributed by atoms with Gasteiger partial charge >= 0.3 is 5.97 Å². The Kier molecular flexibility index (Phi) is 4.83. The summed E-state index contributed by atoms with van der Waals surface area (Å²) in [5.74, 6) is -0.185. The second-order valence-electron chi connectivity index (χ2n) is 8.48. The van der Waals surface area contributed by atoms with Crippen LogP contribution in [0.3, 0.4) is 0 Å². The maximum absolute atomic E-state index is 11.9. The highest BCUT2D eigenvalue weighted by Gasteiger charge is 2.57. The van der Waals surface area contributed by atoms with Gasteiger partial charge in [-0.15, -0.1) is 6.58 Å². The molecule has 0 amide bonds. The van der Waals surface area contributed by atoms with Crippen molar-refractivity contribution in [1.82, 2.24) is 0 Å². The SMILES string of the molecule is C=C[C@](C)(O)CC[C@@H]1C(=C)CC[C@H]2[C@@]1(C)CCC[C@@]2(C)C(=O)O. The zero-order chi connectivity index (χ0) is 17.5. The minimum Gasteiger partial charge on any atom is -0.481 e. The molecule has 130 valence electrons. The molecule has 0 heterocycles. The van der Waals surface area contributed by atoms with E-state index in [0.717, 1.165) is 38.5 Å². The van der Waals surface area contributed by atoms with Crippen molar-refractivity contribution in [2.75, 3.05) is 0 Å². The number of allylic oxidation sites excluding steroid dienone is 1. The molecular weight excluding hydrogens is 288 g/mol. The van der Waals surface area contributed by atoms with E-state index in [4.69, 9.17) is 0 Å².